The van der Waals surface area contributed by atoms with Gasteiger partial charge in [-0.25, -0.2) is 0 Å². The topological polar surface area (TPSA) is 21.3 Å². The Balaban J connectivity index is 2.71. The maximum absolute atomic E-state index is 5.67. The molecule has 0 spiro atoms. The van der Waals surface area contributed by atoms with Gasteiger partial charge in [0, 0.05) is 19.6 Å². The Labute approximate surface area is 111 Å². The molecule has 98 valence electrons. The molecule has 18 heavy (non-hydrogen) atoms. The lowest BCUT2D eigenvalue weighted by Gasteiger charge is -2.27. The third kappa shape index (κ3) is 4.52. The number of hydrogen-bond acceptors (Lipinski definition) is 2. The van der Waals surface area contributed by atoms with Crippen molar-refractivity contribution in [2.75, 3.05) is 13.7 Å². The molecule has 0 bridgehead atoms. The molecule has 0 fully saturated rings. The molecule has 2 atom stereocenters. The summed E-state index contributed by atoms with van der Waals surface area (Å²) < 4.78 is 5.67. The molecule has 1 N–H and O–H groups in total. The molecule has 0 saturated heterocycles. The van der Waals surface area contributed by atoms with Crippen LogP contribution in [-0.4, -0.2) is 19.7 Å². The molecule has 2 heteroatoms. The summed E-state index contributed by atoms with van der Waals surface area (Å²) >= 11 is 0. The van der Waals surface area contributed by atoms with E-state index in [0.29, 0.717) is 6.04 Å². The van der Waals surface area contributed by atoms with Crippen molar-refractivity contribution in [2.24, 2.45) is 0 Å². The minimum atomic E-state index is 0.0870. The first-order chi connectivity index (χ1) is 8.83. The lowest BCUT2D eigenvalue weighted by molar-refractivity contribution is 0.0649. The average molecular weight is 245 g/mol. The number of unbranched alkanes of at least 4 members (excludes halogenated alkanes) is 1. The number of nitrogens with one attached hydrogen (secondary N) is 1. The zero-order valence-electron chi connectivity index (χ0n) is 11.4. The van der Waals surface area contributed by atoms with E-state index in [1.54, 1.807) is 7.11 Å². The van der Waals surface area contributed by atoms with E-state index in [2.05, 4.69) is 30.3 Å². The maximum Gasteiger partial charge on any atom is 0.0973 e. The van der Waals surface area contributed by atoms with Gasteiger partial charge in [-0.3, -0.25) is 0 Å². The van der Waals surface area contributed by atoms with Crippen LogP contribution in [0.15, 0.2) is 30.3 Å². The second-order valence-corrected chi connectivity index (χ2v) is 4.33. The van der Waals surface area contributed by atoms with E-state index < -0.39 is 0 Å². The standard InChI is InChI=1S/C16H23NO/c1-4-6-8-13-15(17-5-2)16(18-3)14-11-9-7-10-12-14/h1,7,9-12,15-17H,5-6,8,13H2,2-3H3. The van der Waals surface area contributed by atoms with Crippen LogP contribution in [0.4, 0.5) is 0 Å². The van der Waals surface area contributed by atoms with Gasteiger partial charge in [-0.05, 0) is 24.9 Å². The molecule has 0 aliphatic carbocycles. The molecular formula is C16H23NO. The number of hydrogen-bond donors (Lipinski definition) is 1. The molecular weight excluding hydrogens is 222 g/mol. The monoisotopic (exact) mass is 245 g/mol. The predicted molar refractivity (Wildman–Crippen MR) is 76.3 cm³/mol. The summed E-state index contributed by atoms with van der Waals surface area (Å²) in [6.07, 6.45) is 8.28. The molecule has 0 amide bonds. The van der Waals surface area contributed by atoms with Gasteiger partial charge < -0.3 is 10.1 Å². The van der Waals surface area contributed by atoms with Crippen molar-refractivity contribution in [2.45, 2.75) is 38.3 Å². The van der Waals surface area contributed by atoms with Crippen molar-refractivity contribution < 1.29 is 4.74 Å². The molecule has 0 saturated carbocycles. The SMILES string of the molecule is C#CCCCC(NCC)C(OC)c1ccccc1. The first kappa shape index (κ1) is 14.8. The lowest BCUT2D eigenvalue weighted by Crippen LogP contribution is -2.35. The van der Waals surface area contributed by atoms with Crippen LogP contribution in [0.5, 0.6) is 0 Å². The quantitative estimate of drug-likeness (QED) is 0.561. The summed E-state index contributed by atoms with van der Waals surface area (Å²) in [5, 5.41) is 3.50. The number of likely N-dealkylation sites (N-methyl/N-ethyl adjacent to an activating group) is 1. The van der Waals surface area contributed by atoms with Crippen molar-refractivity contribution in [3.05, 3.63) is 35.9 Å². The molecule has 0 aliphatic rings. The molecule has 2 nitrogen and oxygen atoms in total. The first-order valence-electron chi connectivity index (χ1n) is 6.58. The van der Waals surface area contributed by atoms with E-state index in [-0.39, 0.29) is 6.10 Å². The highest BCUT2D eigenvalue weighted by Crippen LogP contribution is 2.23. The van der Waals surface area contributed by atoms with E-state index in [1.165, 1.54) is 5.56 Å². The molecule has 0 heterocycles. The van der Waals surface area contributed by atoms with Crippen molar-refractivity contribution in [1.82, 2.24) is 5.32 Å². The molecule has 1 aromatic carbocycles. The van der Waals surface area contributed by atoms with E-state index >= 15 is 0 Å². The lowest BCUT2D eigenvalue weighted by atomic mass is 9.97. The summed E-state index contributed by atoms with van der Waals surface area (Å²) in [6, 6.07) is 10.7. The van der Waals surface area contributed by atoms with E-state index in [0.717, 1.165) is 25.8 Å². The Kier molecular flexibility index (Phi) is 7.17. The van der Waals surface area contributed by atoms with Crippen LogP contribution in [0.2, 0.25) is 0 Å². The normalized spacial score (nSPS) is 13.8. The number of rotatable bonds is 8. The summed E-state index contributed by atoms with van der Waals surface area (Å²) in [6.45, 7) is 3.05. The fraction of sp³-hybridized carbons (Fsp3) is 0.500. The van der Waals surface area contributed by atoms with Crippen molar-refractivity contribution in [3.63, 3.8) is 0 Å². The third-order valence-corrected chi connectivity index (χ3v) is 3.05. The van der Waals surface area contributed by atoms with Crippen LogP contribution >= 0.6 is 0 Å². The number of methoxy groups -OCH3 is 1. The highest BCUT2D eigenvalue weighted by atomic mass is 16.5. The maximum atomic E-state index is 5.67. The van der Waals surface area contributed by atoms with Gasteiger partial charge in [0.2, 0.25) is 0 Å². The van der Waals surface area contributed by atoms with Gasteiger partial charge in [0.05, 0.1) is 6.10 Å². The van der Waals surface area contributed by atoms with E-state index in [4.69, 9.17) is 11.2 Å². The second-order valence-electron chi connectivity index (χ2n) is 4.33. The molecule has 1 aromatic rings. The zero-order valence-corrected chi connectivity index (χ0v) is 11.4. The number of ether oxygens (including phenoxy) is 1. The molecule has 0 aromatic heterocycles. The van der Waals surface area contributed by atoms with E-state index in [1.807, 2.05) is 18.2 Å². The van der Waals surface area contributed by atoms with Crippen LogP contribution in [-0.2, 0) is 4.74 Å². The van der Waals surface area contributed by atoms with Crippen molar-refractivity contribution >= 4 is 0 Å². The highest BCUT2D eigenvalue weighted by Gasteiger charge is 2.21. The van der Waals surface area contributed by atoms with Gasteiger partial charge in [0.1, 0.15) is 0 Å². The zero-order chi connectivity index (χ0) is 13.2. The summed E-state index contributed by atoms with van der Waals surface area (Å²) in [4.78, 5) is 0. The second kappa shape index (κ2) is 8.74. The fourth-order valence-electron chi connectivity index (χ4n) is 2.22. The molecule has 2 unspecified atom stereocenters. The summed E-state index contributed by atoms with van der Waals surface area (Å²) in [5.74, 6) is 2.69. The Hall–Kier alpha value is -1.30. The molecule has 0 aliphatic heterocycles. The van der Waals surface area contributed by atoms with Gasteiger partial charge in [-0.2, -0.15) is 0 Å². The van der Waals surface area contributed by atoms with Gasteiger partial charge in [0.25, 0.3) is 0 Å². The first-order valence-corrected chi connectivity index (χ1v) is 6.58. The van der Waals surface area contributed by atoms with Gasteiger partial charge in [0.15, 0.2) is 0 Å². The average Bonchev–Trinajstić information content (AvgIpc) is 2.41. The number of terminal acetylenes is 1. The Morgan fingerprint density at radius 1 is 1.33 bits per heavy atom. The predicted octanol–water partition coefficient (Wildman–Crippen LogP) is 3.16. The largest absolute Gasteiger partial charge is 0.375 e. The minimum absolute atomic E-state index is 0.0870. The van der Waals surface area contributed by atoms with Gasteiger partial charge in [-0.15, -0.1) is 12.3 Å². The Morgan fingerprint density at radius 3 is 2.61 bits per heavy atom. The van der Waals surface area contributed by atoms with Crippen LogP contribution in [0, 0.1) is 12.3 Å². The highest BCUT2D eigenvalue weighted by molar-refractivity contribution is 5.19. The Bertz CT molecular complexity index is 355. The third-order valence-electron chi connectivity index (χ3n) is 3.05. The van der Waals surface area contributed by atoms with Gasteiger partial charge >= 0.3 is 0 Å². The summed E-state index contributed by atoms with van der Waals surface area (Å²) in [5.41, 5.74) is 1.21. The molecule has 0 radical (unpaired) electrons. The van der Waals surface area contributed by atoms with Crippen LogP contribution < -0.4 is 5.32 Å². The van der Waals surface area contributed by atoms with Crippen molar-refractivity contribution in [3.8, 4) is 12.3 Å². The van der Waals surface area contributed by atoms with Crippen LogP contribution in [0.3, 0.4) is 0 Å². The smallest absolute Gasteiger partial charge is 0.0973 e. The van der Waals surface area contributed by atoms with E-state index in [9.17, 15) is 0 Å². The van der Waals surface area contributed by atoms with Crippen molar-refractivity contribution in [1.29, 1.82) is 0 Å². The Morgan fingerprint density at radius 2 is 2.06 bits per heavy atom. The van der Waals surface area contributed by atoms with Gasteiger partial charge in [-0.1, -0.05) is 37.3 Å². The van der Waals surface area contributed by atoms with Crippen LogP contribution in [0.25, 0.3) is 0 Å². The number of benzene rings is 1. The van der Waals surface area contributed by atoms with Crippen LogP contribution in [0.1, 0.15) is 37.9 Å². The fourth-order valence-corrected chi connectivity index (χ4v) is 2.22. The molecule has 1 rings (SSSR count). The summed E-state index contributed by atoms with van der Waals surface area (Å²) in [7, 11) is 1.77. The minimum Gasteiger partial charge on any atom is -0.375 e.